The van der Waals surface area contributed by atoms with E-state index >= 15 is 0 Å². The second-order valence-corrected chi connectivity index (χ2v) is 5.06. The Morgan fingerprint density at radius 3 is 2.55 bits per heavy atom. The minimum atomic E-state index is -1.11. The van der Waals surface area contributed by atoms with Crippen molar-refractivity contribution < 1.29 is 18.7 Å². The first-order valence-electron chi connectivity index (χ1n) is 6.61. The number of carboxylic acids is 1. The van der Waals surface area contributed by atoms with E-state index in [1.807, 2.05) is 0 Å². The van der Waals surface area contributed by atoms with Gasteiger partial charge in [-0.1, -0.05) is 6.42 Å². The van der Waals surface area contributed by atoms with Gasteiger partial charge in [0.2, 0.25) is 0 Å². The molecule has 0 spiro atoms. The Hall–Kier alpha value is -2.04. The van der Waals surface area contributed by atoms with Crippen molar-refractivity contribution in [2.24, 2.45) is 0 Å². The number of halogens is 2. The smallest absolute Gasteiger partial charge is 0.336 e. The van der Waals surface area contributed by atoms with Gasteiger partial charge in [-0.2, -0.15) is 0 Å². The summed E-state index contributed by atoms with van der Waals surface area (Å²) >= 11 is 0. The van der Waals surface area contributed by atoms with E-state index in [0.717, 1.165) is 31.4 Å². The Labute approximate surface area is 114 Å². The predicted octanol–water partition coefficient (Wildman–Crippen LogP) is 3.48. The Kier molecular flexibility index (Phi) is 3.12. The normalized spacial score (nSPS) is 14.9. The molecule has 1 aromatic carbocycles. The Morgan fingerprint density at radius 2 is 1.80 bits per heavy atom. The van der Waals surface area contributed by atoms with Crippen LogP contribution >= 0.6 is 0 Å². The molecule has 3 nitrogen and oxygen atoms in total. The van der Waals surface area contributed by atoms with Gasteiger partial charge in [-0.25, -0.2) is 13.6 Å². The number of hydrogen-bond acceptors (Lipinski definition) is 2. The number of pyridine rings is 1. The van der Waals surface area contributed by atoms with Crippen molar-refractivity contribution in [3.05, 3.63) is 40.6 Å². The van der Waals surface area contributed by atoms with Gasteiger partial charge in [0.25, 0.3) is 0 Å². The summed E-state index contributed by atoms with van der Waals surface area (Å²) in [6.07, 6.45) is 4.15. The van der Waals surface area contributed by atoms with Crippen molar-refractivity contribution >= 4 is 16.9 Å². The van der Waals surface area contributed by atoms with Gasteiger partial charge >= 0.3 is 5.97 Å². The van der Waals surface area contributed by atoms with E-state index in [0.29, 0.717) is 24.1 Å². The van der Waals surface area contributed by atoms with Gasteiger partial charge in [-0.15, -0.1) is 0 Å². The van der Waals surface area contributed by atoms with E-state index in [2.05, 4.69) is 4.98 Å². The SMILES string of the molecule is O=C(O)c1c2c(nc3cc(F)c(F)cc13)CCCCC2. The first-order valence-corrected chi connectivity index (χ1v) is 6.61. The van der Waals surface area contributed by atoms with Crippen LogP contribution in [-0.2, 0) is 12.8 Å². The molecular weight excluding hydrogens is 264 g/mol. The Morgan fingerprint density at radius 1 is 1.10 bits per heavy atom. The summed E-state index contributed by atoms with van der Waals surface area (Å²) in [5.74, 6) is -3.16. The molecule has 0 saturated carbocycles. The molecule has 0 fully saturated rings. The Bertz CT molecular complexity index is 713. The summed E-state index contributed by atoms with van der Waals surface area (Å²) < 4.78 is 26.7. The molecule has 1 heterocycles. The minimum absolute atomic E-state index is 0.0748. The molecular formula is C15H13F2NO2. The molecule has 1 aliphatic carbocycles. The lowest BCUT2D eigenvalue weighted by Crippen LogP contribution is -2.09. The fourth-order valence-corrected chi connectivity index (χ4v) is 2.84. The zero-order valence-electron chi connectivity index (χ0n) is 10.7. The highest BCUT2D eigenvalue weighted by atomic mass is 19.2. The van der Waals surface area contributed by atoms with Gasteiger partial charge in [-0.3, -0.25) is 4.98 Å². The van der Waals surface area contributed by atoms with E-state index in [1.54, 1.807) is 0 Å². The highest BCUT2D eigenvalue weighted by molar-refractivity contribution is 6.04. The van der Waals surface area contributed by atoms with Crippen LogP contribution in [0.2, 0.25) is 0 Å². The van der Waals surface area contributed by atoms with Crippen LogP contribution in [0.1, 0.15) is 40.9 Å². The van der Waals surface area contributed by atoms with E-state index in [-0.39, 0.29) is 16.5 Å². The maximum Gasteiger partial charge on any atom is 0.336 e. The topological polar surface area (TPSA) is 50.2 Å². The summed E-state index contributed by atoms with van der Waals surface area (Å²) in [6.45, 7) is 0. The third-order valence-corrected chi connectivity index (χ3v) is 3.77. The monoisotopic (exact) mass is 277 g/mol. The maximum atomic E-state index is 13.4. The van der Waals surface area contributed by atoms with Crippen LogP contribution in [0.5, 0.6) is 0 Å². The van der Waals surface area contributed by atoms with Crippen LogP contribution in [0.25, 0.3) is 10.9 Å². The molecule has 0 atom stereocenters. The molecule has 0 unspecified atom stereocenters. The van der Waals surface area contributed by atoms with Gasteiger partial charge in [0.05, 0.1) is 11.1 Å². The quantitative estimate of drug-likeness (QED) is 0.812. The predicted molar refractivity (Wildman–Crippen MR) is 69.9 cm³/mol. The lowest BCUT2D eigenvalue weighted by atomic mass is 9.97. The molecule has 3 rings (SSSR count). The summed E-state index contributed by atoms with van der Waals surface area (Å²) in [6, 6.07) is 1.91. The van der Waals surface area contributed by atoms with Gasteiger partial charge in [-0.05, 0) is 37.3 Å². The fraction of sp³-hybridized carbons (Fsp3) is 0.333. The molecule has 1 aromatic heterocycles. The summed E-state index contributed by atoms with van der Waals surface area (Å²) in [7, 11) is 0. The van der Waals surface area contributed by atoms with Crippen molar-refractivity contribution in [2.45, 2.75) is 32.1 Å². The molecule has 1 N–H and O–H groups in total. The molecule has 0 radical (unpaired) electrons. The van der Waals surface area contributed by atoms with E-state index < -0.39 is 17.6 Å². The number of benzene rings is 1. The first kappa shape index (κ1) is 13.0. The van der Waals surface area contributed by atoms with Gasteiger partial charge in [0.15, 0.2) is 11.6 Å². The first-order chi connectivity index (χ1) is 9.58. The van der Waals surface area contributed by atoms with Crippen molar-refractivity contribution in [3.8, 4) is 0 Å². The highest BCUT2D eigenvalue weighted by Gasteiger charge is 2.22. The molecule has 1 aliphatic rings. The maximum absolute atomic E-state index is 13.4. The number of aromatic carboxylic acids is 1. The van der Waals surface area contributed by atoms with Crippen molar-refractivity contribution in [1.82, 2.24) is 4.98 Å². The number of aryl methyl sites for hydroxylation is 1. The number of hydrogen-bond donors (Lipinski definition) is 1. The largest absolute Gasteiger partial charge is 0.478 e. The molecule has 2 aromatic rings. The van der Waals surface area contributed by atoms with Gasteiger partial charge < -0.3 is 5.11 Å². The molecule has 20 heavy (non-hydrogen) atoms. The Balaban J connectivity index is 2.39. The number of aromatic nitrogens is 1. The van der Waals surface area contributed by atoms with Crippen LogP contribution in [0, 0.1) is 11.6 Å². The minimum Gasteiger partial charge on any atom is -0.478 e. The summed E-state index contributed by atoms with van der Waals surface area (Å²) in [5, 5.41) is 9.62. The second kappa shape index (κ2) is 4.81. The average Bonchev–Trinajstić information content (AvgIpc) is 2.62. The fourth-order valence-electron chi connectivity index (χ4n) is 2.84. The number of nitrogens with zero attached hydrogens (tertiary/aromatic N) is 1. The molecule has 104 valence electrons. The van der Waals surface area contributed by atoms with Crippen LogP contribution in [0.4, 0.5) is 8.78 Å². The molecule has 0 bridgehead atoms. The van der Waals surface area contributed by atoms with Crippen molar-refractivity contribution in [1.29, 1.82) is 0 Å². The molecule has 5 heteroatoms. The van der Waals surface area contributed by atoms with Crippen LogP contribution in [0.15, 0.2) is 12.1 Å². The van der Waals surface area contributed by atoms with Crippen LogP contribution in [0.3, 0.4) is 0 Å². The third kappa shape index (κ3) is 2.03. The van der Waals surface area contributed by atoms with E-state index in [9.17, 15) is 18.7 Å². The second-order valence-electron chi connectivity index (χ2n) is 5.06. The molecule has 0 amide bonds. The lowest BCUT2D eigenvalue weighted by Gasteiger charge is -2.12. The van der Waals surface area contributed by atoms with Crippen molar-refractivity contribution in [3.63, 3.8) is 0 Å². The van der Waals surface area contributed by atoms with Gasteiger partial charge in [0.1, 0.15) is 0 Å². The van der Waals surface area contributed by atoms with Crippen LogP contribution in [-0.4, -0.2) is 16.1 Å². The van der Waals surface area contributed by atoms with Gasteiger partial charge in [0, 0.05) is 17.1 Å². The third-order valence-electron chi connectivity index (χ3n) is 3.77. The van der Waals surface area contributed by atoms with E-state index in [4.69, 9.17) is 0 Å². The van der Waals surface area contributed by atoms with E-state index in [1.165, 1.54) is 0 Å². The number of carboxylic acid groups (broad SMARTS) is 1. The molecule has 0 aliphatic heterocycles. The number of rotatable bonds is 1. The zero-order chi connectivity index (χ0) is 14.3. The number of carbonyl (C=O) groups is 1. The zero-order valence-corrected chi connectivity index (χ0v) is 10.7. The summed E-state index contributed by atoms with van der Waals surface area (Å²) in [5.41, 5.74) is 1.67. The number of fused-ring (bicyclic) bond motifs is 2. The van der Waals surface area contributed by atoms with Crippen molar-refractivity contribution in [2.75, 3.05) is 0 Å². The average molecular weight is 277 g/mol. The lowest BCUT2D eigenvalue weighted by molar-refractivity contribution is 0.0697. The van der Waals surface area contributed by atoms with Crippen LogP contribution < -0.4 is 0 Å². The standard InChI is InChI=1S/C15H13F2NO2/c16-10-6-9-13(7-11(10)17)18-12-5-3-1-2-4-8(12)14(9)15(19)20/h6-7H,1-5H2,(H,19,20). The summed E-state index contributed by atoms with van der Waals surface area (Å²) in [4.78, 5) is 15.9. The molecule has 0 saturated heterocycles. The highest BCUT2D eigenvalue weighted by Crippen LogP contribution is 2.29.